The van der Waals surface area contributed by atoms with Crippen molar-refractivity contribution in [2.24, 2.45) is 0 Å². The molecule has 0 atom stereocenters. The molecule has 0 aromatic heterocycles. The molecule has 0 unspecified atom stereocenters. The Hall–Kier alpha value is -2.31. The zero-order chi connectivity index (χ0) is 17.2. The number of hydrogen-bond acceptors (Lipinski definition) is 4. The minimum atomic E-state index is -0.626. The highest BCUT2D eigenvalue weighted by Crippen LogP contribution is 2.25. The molecular weight excluding hydrogens is 303 g/mol. The van der Waals surface area contributed by atoms with Gasteiger partial charge in [-0.25, -0.2) is 9.18 Å². The zero-order valence-corrected chi connectivity index (χ0v) is 13.8. The molecule has 0 aliphatic carbocycles. The van der Waals surface area contributed by atoms with E-state index in [2.05, 4.69) is 0 Å². The number of anilines is 1. The summed E-state index contributed by atoms with van der Waals surface area (Å²) >= 11 is 0. The summed E-state index contributed by atoms with van der Waals surface area (Å²) in [4.78, 5) is 26.9. The molecule has 0 spiro atoms. The normalized spacial score (nSPS) is 15.6. The molecule has 1 fully saturated rings. The fraction of sp³-hybridized carbons (Fsp3) is 0.500. The molecule has 1 aliphatic heterocycles. The predicted molar refractivity (Wildman–Crippen MR) is 83.1 cm³/mol. The molecule has 1 aromatic carbocycles. The Morgan fingerprint density at radius 2 is 1.96 bits per heavy atom. The van der Waals surface area contributed by atoms with Gasteiger partial charge in [0.2, 0.25) is 5.91 Å². The van der Waals surface area contributed by atoms with Gasteiger partial charge in [-0.15, -0.1) is 0 Å². The van der Waals surface area contributed by atoms with Crippen LogP contribution in [0.1, 0.15) is 20.8 Å². The van der Waals surface area contributed by atoms with Crippen LogP contribution in [0.4, 0.5) is 14.9 Å². The number of amides is 2. The van der Waals surface area contributed by atoms with Crippen LogP contribution in [0.2, 0.25) is 0 Å². The van der Waals surface area contributed by atoms with Gasteiger partial charge >= 0.3 is 6.09 Å². The molecule has 1 heterocycles. The Morgan fingerprint density at radius 3 is 2.48 bits per heavy atom. The molecular formula is C16H21FN2O4. The third-order valence-corrected chi connectivity index (χ3v) is 3.32. The largest absolute Gasteiger partial charge is 0.497 e. The first kappa shape index (κ1) is 17.1. The van der Waals surface area contributed by atoms with Gasteiger partial charge in [0.05, 0.1) is 12.8 Å². The molecule has 23 heavy (non-hydrogen) atoms. The minimum Gasteiger partial charge on any atom is -0.497 e. The second-order valence-corrected chi connectivity index (χ2v) is 6.26. The average Bonchev–Trinajstić information content (AvgIpc) is 2.45. The molecule has 7 heteroatoms. The number of halogens is 1. The van der Waals surface area contributed by atoms with E-state index in [0.29, 0.717) is 5.75 Å². The predicted octanol–water partition coefficient (Wildman–Crippen LogP) is 2.42. The van der Waals surface area contributed by atoms with E-state index < -0.39 is 17.5 Å². The molecule has 1 saturated heterocycles. The summed E-state index contributed by atoms with van der Waals surface area (Å²) < 4.78 is 24.3. The van der Waals surface area contributed by atoms with Crippen molar-refractivity contribution in [3.63, 3.8) is 0 Å². The number of carbonyl (C=O) groups is 2. The smallest absolute Gasteiger partial charge is 0.410 e. The van der Waals surface area contributed by atoms with Crippen LogP contribution in [0.5, 0.6) is 5.75 Å². The van der Waals surface area contributed by atoms with E-state index in [4.69, 9.17) is 9.47 Å². The van der Waals surface area contributed by atoms with Crippen molar-refractivity contribution >= 4 is 17.7 Å². The van der Waals surface area contributed by atoms with Crippen LogP contribution in [0.3, 0.4) is 0 Å². The van der Waals surface area contributed by atoms with Crippen LogP contribution in [-0.4, -0.2) is 49.2 Å². The Bertz CT molecular complexity index is 613. The Kier molecular flexibility index (Phi) is 4.77. The molecule has 0 radical (unpaired) electrons. The molecule has 0 N–H and O–H groups in total. The lowest BCUT2D eigenvalue weighted by molar-refractivity contribution is -0.121. The quantitative estimate of drug-likeness (QED) is 0.838. The van der Waals surface area contributed by atoms with Crippen molar-refractivity contribution in [1.82, 2.24) is 4.90 Å². The third-order valence-electron chi connectivity index (χ3n) is 3.32. The van der Waals surface area contributed by atoms with Crippen LogP contribution in [-0.2, 0) is 9.53 Å². The molecule has 1 aromatic rings. The summed E-state index contributed by atoms with van der Waals surface area (Å²) in [7, 11) is 1.44. The van der Waals surface area contributed by atoms with Crippen molar-refractivity contribution < 1.29 is 23.5 Å². The number of carbonyl (C=O) groups excluding carboxylic acids is 2. The molecule has 126 valence electrons. The fourth-order valence-corrected chi connectivity index (χ4v) is 2.24. The van der Waals surface area contributed by atoms with Gasteiger partial charge in [0.15, 0.2) is 5.82 Å². The summed E-state index contributed by atoms with van der Waals surface area (Å²) in [5.74, 6) is -0.513. The van der Waals surface area contributed by atoms with Crippen molar-refractivity contribution in [2.75, 3.05) is 31.6 Å². The fourth-order valence-electron chi connectivity index (χ4n) is 2.24. The van der Waals surface area contributed by atoms with Crippen molar-refractivity contribution in [3.8, 4) is 5.75 Å². The summed E-state index contributed by atoms with van der Waals surface area (Å²) in [5.41, 5.74) is -0.445. The van der Waals surface area contributed by atoms with E-state index in [9.17, 15) is 14.0 Å². The highest BCUT2D eigenvalue weighted by atomic mass is 19.1. The van der Waals surface area contributed by atoms with Crippen LogP contribution < -0.4 is 9.64 Å². The molecule has 0 saturated carbocycles. The van der Waals surface area contributed by atoms with E-state index in [1.54, 1.807) is 26.8 Å². The Morgan fingerprint density at radius 1 is 1.26 bits per heavy atom. The lowest BCUT2D eigenvalue weighted by atomic mass is 10.2. The van der Waals surface area contributed by atoms with E-state index >= 15 is 0 Å². The average molecular weight is 324 g/mol. The number of piperazine rings is 1. The minimum absolute atomic E-state index is 0.139. The topological polar surface area (TPSA) is 59.1 Å². The van der Waals surface area contributed by atoms with Crippen molar-refractivity contribution in [1.29, 1.82) is 0 Å². The highest BCUT2D eigenvalue weighted by Gasteiger charge is 2.31. The molecule has 2 rings (SSSR count). The summed E-state index contributed by atoms with van der Waals surface area (Å²) in [6.07, 6.45) is -0.541. The number of nitrogens with zero attached hydrogens (tertiary/aromatic N) is 2. The van der Waals surface area contributed by atoms with Crippen molar-refractivity contribution in [3.05, 3.63) is 24.0 Å². The number of rotatable bonds is 2. The van der Waals surface area contributed by atoms with Crippen LogP contribution in [0, 0.1) is 5.82 Å². The number of ether oxygens (including phenoxy) is 2. The summed E-state index contributed by atoms with van der Waals surface area (Å²) in [5, 5.41) is 0. The van der Waals surface area contributed by atoms with Gasteiger partial charge in [0, 0.05) is 19.2 Å². The highest BCUT2D eigenvalue weighted by molar-refractivity contribution is 5.97. The van der Waals surface area contributed by atoms with Gasteiger partial charge in [-0.1, -0.05) is 0 Å². The SMILES string of the molecule is COc1ccc(N2CCN(C(=O)OC(C)(C)C)CC2=O)c(F)c1. The van der Waals surface area contributed by atoms with E-state index in [-0.39, 0.29) is 31.2 Å². The van der Waals surface area contributed by atoms with Gasteiger partial charge in [-0.3, -0.25) is 9.69 Å². The monoisotopic (exact) mass is 324 g/mol. The van der Waals surface area contributed by atoms with Gasteiger partial charge in [-0.05, 0) is 32.9 Å². The number of benzene rings is 1. The van der Waals surface area contributed by atoms with Gasteiger partial charge in [-0.2, -0.15) is 0 Å². The first-order valence-corrected chi connectivity index (χ1v) is 7.33. The maximum atomic E-state index is 14.1. The standard InChI is InChI=1S/C16H21FN2O4/c1-16(2,3)23-15(21)18-7-8-19(14(20)10-18)13-6-5-11(22-4)9-12(13)17/h5-6,9H,7-8,10H2,1-4H3. The van der Waals surface area contributed by atoms with Gasteiger partial charge < -0.3 is 14.4 Å². The van der Waals surface area contributed by atoms with Crippen molar-refractivity contribution in [2.45, 2.75) is 26.4 Å². The second-order valence-electron chi connectivity index (χ2n) is 6.26. The number of hydrogen-bond donors (Lipinski definition) is 0. The van der Waals surface area contributed by atoms with Crippen LogP contribution in [0.15, 0.2) is 18.2 Å². The van der Waals surface area contributed by atoms with Crippen LogP contribution in [0.25, 0.3) is 0 Å². The Labute approximate surface area is 134 Å². The molecule has 6 nitrogen and oxygen atoms in total. The lowest BCUT2D eigenvalue weighted by Crippen LogP contribution is -2.53. The third kappa shape index (κ3) is 4.12. The maximum absolute atomic E-state index is 14.1. The first-order chi connectivity index (χ1) is 10.7. The molecule has 0 bridgehead atoms. The van der Waals surface area contributed by atoms with E-state index in [0.717, 1.165) is 0 Å². The first-order valence-electron chi connectivity index (χ1n) is 7.33. The summed E-state index contributed by atoms with van der Waals surface area (Å²) in [6.45, 7) is 5.63. The maximum Gasteiger partial charge on any atom is 0.410 e. The van der Waals surface area contributed by atoms with E-state index in [1.807, 2.05) is 0 Å². The Balaban J connectivity index is 2.07. The summed E-state index contributed by atoms with van der Waals surface area (Å²) in [6, 6.07) is 4.31. The van der Waals surface area contributed by atoms with Gasteiger partial charge in [0.1, 0.15) is 17.9 Å². The number of methoxy groups -OCH3 is 1. The molecule has 1 aliphatic rings. The zero-order valence-electron chi connectivity index (χ0n) is 13.8. The van der Waals surface area contributed by atoms with Gasteiger partial charge in [0.25, 0.3) is 0 Å². The second kappa shape index (κ2) is 6.44. The lowest BCUT2D eigenvalue weighted by Gasteiger charge is -2.35. The van der Waals surface area contributed by atoms with Crippen LogP contribution >= 0.6 is 0 Å². The van der Waals surface area contributed by atoms with E-state index in [1.165, 1.54) is 29.0 Å². The molecule has 2 amide bonds.